The number of hydrogen-bond donors (Lipinski definition) is 0. The van der Waals surface area contributed by atoms with E-state index in [2.05, 4.69) is 43.1 Å². The lowest BCUT2D eigenvalue weighted by molar-refractivity contribution is 0.238. The minimum absolute atomic E-state index is 0.421. The molecule has 4 rings (SSSR count). The van der Waals surface area contributed by atoms with Gasteiger partial charge in [0, 0.05) is 12.6 Å². The second kappa shape index (κ2) is 7.01. The molecule has 2 aromatic rings. The number of nitrogens with zero attached hydrogens (tertiary/aromatic N) is 1. The Labute approximate surface area is 161 Å². The molecule has 2 aromatic carbocycles. The highest BCUT2D eigenvalue weighted by atomic mass is 19.1. The van der Waals surface area contributed by atoms with E-state index in [9.17, 15) is 8.78 Å². The molecule has 1 nitrogen and oxygen atoms in total. The monoisotopic (exact) mass is 369 g/mol. The Bertz CT molecular complexity index is 793. The molecule has 0 bridgehead atoms. The van der Waals surface area contributed by atoms with Crippen LogP contribution in [0, 0.1) is 0 Å². The van der Waals surface area contributed by atoms with Crippen LogP contribution in [0.4, 0.5) is 8.78 Å². The highest BCUT2D eigenvalue weighted by molar-refractivity contribution is 5.44. The summed E-state index contributed by atoms with van der Waals surface area (Å²) in [4.78, 5) is 2.35. The minimum Gasteiger partial charge on any atom is -0.299 e. The third-order valence-corrected chi connectivity index (χ3v) is 6.31. The number of alkyl halides is 2. The summed E-state index contributed by atoms with van der Waals surface area (Å²) in [7, 11) is 2.15. The molecule has 144 valence electrons. The van der Waals surface area contributed by atoms with E-state index in [1.54, 1.807) is 0 Å². The maximum Gasteiger partial charge on any atom is 0.136 e. The van der Waals surface area contributed by atoms with E-state index in [1.807, 2.05) is 24.3 Å². The summed E-state index contributed by atoms with van der Waals surface area (Å²) in [6, 6.07) is 16.7. The quantitative estimate of drug-likeness (QED) is 0.547. The fraction of sp³-hybridized carbons (Fsp3) is 0.500. The van der Waals surface area contributed by atoms with Crippen LogP contribution in [-0.2, 0) is 24.3 Å². The number of aryl methyl sites for hydroxylation is 1. The normalized spacial score (nSPS) is 20.5. The van der Waals surface area contributed by atoms with Crippen LogP contribution < -0.4 is 0 Å². The molecule has 0 saturated heterocycles. The molecular formula is C24H29F2N. The third kappa shape index (κ3) is 4.08. The van der Waals surface area contributed by atoms with Gasteiger partial charge >= 0.3 is 0 Å². The van der Waals surface area contributed by atoms with Gasteiger partial charge in [-0.25, -0.2) is 8.78 Å². The molecule has 2 aliphatic carbocycles. The van der Waals surface area contributed by atoms with Crippen molar-refractivity contribution in [3.05, 3.63) is 70.8 Å². The smallest absolute Gasteiger partial charge is 0.136 e. The molecule has 0 spiro atoms. The molecule has 0 N–H and O–H groups in total. The van der Waals surface area contributed by atoms with Crippen LogP contribution in [0.15, 0.2) is 48.5 Å². The molecule has 2 fully saturated rings. The lowest BCUT2D eigenvalue weighted by atomic mass is 9.92. The molecule has 0 heterocycles. The van der Waals surface area contributed by atoms with Gasteiger partial charge in [-0.1, -0.05) is 48.5 Å². The summed E-state index contributed by atoms with van der Waals surface area (Å²) in [6.07, 6.45) is 4.05. The summed E-state index contributed by atoms with van der Waals surface area (Å²) in [5, 5.41) is 0. The summed E-state index contributed by atoms with van der Waals surface area (Å²) in [6.45, 7) is 3.15. The van der Waals surface area contributed by atoms with Gasteiger partial charge in [-0.05, 0) is 74.8 Å². The Kier molecular flexibility index (Phi) is 4.84. The van der Waals surface area contributed by atoms with Gasteiger partial charge in [-0.2, -0.15) is 0 Å². The second-order valence-electron chi connectivity index (χ2n) is 8.60. The Balaban J connectivity index is 1.41. The van der Waals surface area contributed by atoms with Gasteiger partial charge in [0.05, 0.1) is 0 Å². The average Bonchev–Trinajstić information content (AvgIpc) is 3.60. The highest BCUT2D eigenvalue weighted by Crippen LogP contribution is 2.58. The van der Waals surface area contributed by atoms with E-state index in [0.29, 0.717) is 42.9 Å². The highest BCUT2D eigenvalue weighted by Gasteiger charge is 2.53. The van der Waals surface area contributed by atoms with Gasteiger partial charge in [0.25, 0.3) is 0 Å². The summed E-state index contributed by atoms with van der Waals surface area (Å²) >= 11 is 0. The van der Waals surface area contributed by atoms with Gasteiger partial charge in [0.2, 0.25) is 0 Å². The first kappa shape index (κ1) is 18.6. The molecule has 2 saturated carbocycles. The van der Waals surface area contributed by atoms with Gasteiger partial charge < -0.3 is 0 Å². The lowest BCUT2D eigenvalue weighted by Gasteiger charge is -2.25. The summed E-state index contributed by atoms with van der Waals surface area (Å²) < 4.78 is 29.5. The molecule has 27 heavy (non-hydrogen) atoms. The molecule has 0 aromatic heterocycles. The Hall–Kier alpha value is -1.74. The zero-order valence-electron chi connectivity index (χ0n) is 16.3. The largest absolute Gasteiger partial charge is 0.299 e. The first-order chi connectivity index (χ1) is 12.9. The lowest BCUT2D eigenvalue weighted by Crippen LogP contribution is -2.29. The summed E-state index contributed by atoms with van der Waals surface area (Å²) in [5.74, 6) is 0. The van der Waals surface area contributed by atoms with Crippen LogP contribution in [0.3, 0.4) is 0 Å². The molecule has 0 aliphatic heterocycles. The molecular weight excluding hydrogens is 340 g/mol. The van der Waals surface area contributed by atoms with Crippen LogP contribution >= 0.6 is 0 Å². The van der Waals surface area contributed by atoms with Crippen molar-refractivity contribution in [2.75, 3.05) is 7.05 Å². The van der Waals surface area contributed by atoms with Gasteiger partial charge in [-0.3, -0.25) is 4.90 Å². The first-order valence-electron chi connectivity index (χ1n) is 10.2. The van der Waals surface area contributed by atoms with E-state index in [0.717, 1.165) is 24.9 Å². The van der Waals surface area contributed by atoms with E-state index >= 15 is 0 Å². The summed E-state index contributed by atoms with van der Waals surface area (Å²) in [5.41, 5.74) is 1.14. The topological polar surface area (TPSA) is 3.24 Å². The van der Waals surface area contributed by atoms with Crippen molar-refractivity contribution in [1.29, 1.82) is 0 Å². The molecule has 1 unspecified atom stereocenters. The van der Waals surface area contributed by atoms with Crippen LogP contribution in [0.2, 0.25) is 0 Å². The fourth-order valence-corrected chi connectivity index (χ4v) is 3.89. The number of halogens is 2. The predicted octanol–water partition coefficient (Wildman–Crippen LogP) is 6.06. The van der Waals surface area contributed by atoms with Crippen molar-refractivity contribution in [2.45, 2.75) is 69.4 Å². The van der Waals surface area contributed by atoms with Crippen LogP contribution in [-0.4, -0.2) is 18.0 Å². The van der Waals surface area contributed by atoms with Crippen LogP contribution in [0.5, 0.6) is 0 Å². The maximum atomic E-state index is 14.8. The minimum atomic E-state index is -1.28. The molecule has 2 aliphatic rings. The van der Waals surface area contributed by atoms with Gasteiger partial charge in [-0.15, -0.1) is 0 Å². The van der Waals surface area contributed by atoms with Gasteiger partial charge in [0.15, 0.2) is 0 Å². The molecule has 3 heteroatoms. The molecule has 0 amide bonds. The predicted molar refractivity (Wildman–Crippen MR) is 106 cm³/mol. The number of hydrogen-bond acceptors (Lipinski definition) is 1. The number of benzene rings is 2. The van der Waals surface area contributed by atoms with Crippen molar-refractivity contribution in [3.63, 3.8) is 0 Å². The van der Waals surface area contributed by atoms with Crippen LogP contribution in [0.25, 0.3) is 0 Å². The number of rotatable bonds is 8. The van der Waals surface area contributed by atoms with Crippen molar-refractivity contribution >= 4 is 0 Å². The zero-order valence-corrected chi connectivity index (χ0v) is 16.3. The Morgan fingerprint density at radius 1 is 0.889 bits per heavy atom. The van der Waals surface area contributed by atoms with E-state index in [1.165, 1.54) is 5.56 Å². The van der Waals surface area contributed by atoms with Crippen molar-refractivity contribution in [3.8, 4) is 0 Å². The average molecular weight is 369 g/mol. The second-order valence-corrected chi connectivity index (χ2v) is 8.60. The first-order valence-corrected chi connectivity index (χ1v) is 10.2. The Morgan fingerprint density at radius 2 is 1.52 bits per heavy atom. The Morgan fingerprint density at radius 3 is 2.15 bits per heavy atom. The molecule has 0 radical (unpaired) electrons. The standard InChI is InChI=1S/C24H29F2N/c1-18(27(2)17-20-6-4-3-5-7-20)8-9-19-10-11-21(23(25)12-13-23)22(16-19)24(26)14-15-24/h3-7,10-11,16,18H,8-9,12-15,17H2,1-2H3. The van der Waals surface area contributed by atoms with Crippen molar-refractivity contribution < 1.29 is 8.78 Å². The van der Waals surface area contributed by atoms with Crippen molar-refractivity contribution in [1.82, 2.24) is 4.90 Å². The maximum absolute atomic E-state index is 14.8. The fourth-order valence-electron chi connectivity index (χ4n) is 3.89. The van der Waals surface area contributed by atoms with E-state index < -0.39 is 11.3 Å². The SMILES string of the molecule is CC(CCc1ccc(C2(F)CC2)c(C2(F)CC2)c1)N(C)Cc1ccccc1. The van der Waals surface area contributed by atoms with Gasteiger partial charge in [0.1, 0.15) is 11.3 Å². The van der Waals surface area contributed by atoms with E-state index in [4.69, 9.17) is 0 Å². The third-order valence-electron chi connectivity index (χ3n) is 6.31. The van der Waals surface area contributed by atoms with Crippen LogP contribution in [0.1, 0.15) is 61.3 Å². The van der Waals surface area contributed by atoms with Crippen molar-refractivity contribution in [2.24, 2.45) is 0 Å². The zero-order chi connectivity index (χ0) is 19.1. The molecule has 1 atom stereocenters. The van der Waals surface area contributed by atoms with E-state index in [-0.39, 0.29) is 0 Å².